The van der Waals surface area contributed by atoms with Crippen LogP contribution in [0.3, 0.4) is 0 Å². The highest BCUT2D eigenvalue weighted by atomic mass is 32.1. The van der Waals surface area contributed by atoms with Gasteiger partial charge in [-0.2, -0.15) is 0 Å². The SMILES string of the molecule is Cc1ccccc1CNC(=S)c1ccc(OCc2ccccc2)cc1. The summed E-state index contributed by atoms with van der Waals surface area (Å²) in [4.78, 5) is 0.748. The standard InChI is InChI=1S/C22H21NOS/c1-17-7-5-6-10-20(17)15-23-22(25)19-11-13-21(14-12-19)24-16-18-8-3-2-4-9-18/h2-14H,15-16H2,1H3,(H,23,25). The van der Waals surface area contributed by atoms with Gasteiger partial charge in [0.25, 0.3) is 0 Å². The number of ether oxygens (including phenoxy) is 1. The van der Waals surface area contributed by atoms with Crippen molar-refractivity contribution < 1.29 is 4.74 Å². The topological polar surface area (TPSA) is 21.3 Å². The number of thiocarbonyl (C=S) groups is 1. The quantitative estimate of drug-likeness (QED) is 0.631. The molecule has 126 valence electrons. The first kappa shape index (κ1) is 17.2. The van der Waals surface area contributed by atoms with Gasteiger partial charge in [-0.3, -0.25) is 0 Å². The van der Waals surface area contributed by atoms with Gasteiger partial charge in [-0.05, 0) is 47.9 Å². The second kappa shape index (κ2) is 8.45. The minimum absolute atomic E-state index is 0.566. The maximum atomic E-state index is 5.81. The van der Waals surface area contributed by atoms with Crippen LogP contribution >= 0.6 is 12.2 Å². The summed E-state index contributed by atoms with van der Waals surface area (Å²) in [7, 11) is 0. The first-order chi connectivity index (χ1) is 12.2. The van der Waals surface area contributed by atoms with Crippen molar-refractivity contribution in [3.05, 3.63) is 101 Å². The van der Waals surface area contributed by atoms with Crippen molar-refractivity contribution in [1.29, 1.82) is 0 Å². The average Bonchev–Trinajstić information content (AvgIpc) is 2.67. The lowest BCUT2D eigenvalue weighted by Gasteiger charge is -2.11. The number of benzene rings is 3. The summed E-state index contributed by atoms with van der Waals surface area (Å²) in [5, 5.41) is 3.32. The highest BCUT2D eigenvalue weighted by molar-refractivity contribution is 7.80. The van der Waals surface area contributed by atoms with E-state index in [1.165, 1.54) is 11.1 Å². The lowest BCUT2D eigenvalue weighted by molar-refractivity contribution is 0.306. The van der Waals surface area contributed by atoms with Gasteiger partial charge in [0.15, 0.2) is 0 Å². The van der Waals surface area contributed by atoms with Crippen molar-refractivity contribution in [2.45, 2.75) is 20.1 Å². The molecule has 0 unspecified atom stereocenters. The molecular weight excluding hydrogens is 326 g/mol. The van der Waals surface area contributed by atoms with Crippen LogP contribution in [0.15, 0.2) is 78.9 Å². The van der Waals surface area contributed by atoms with Gasteiger partial charge in [0.05, 0.1) is 0 Å². The molecule has 0 amide bonds. The molecule has 3 aromatic rings. The summed E-state index contributed by atoms with van der Waals surface area (Å²) in [5.74, 6) is 0.842. The molecule has 3 rings (SSSR count). The molecular formula is C22H21NOS. The van der Waals surface area contributed by atoms with Crippen LogP contribution in [0, 0.1) is 6.92 Å². The predicted octanol–water partition coefficient (Wildman–Crippen LogP) is 5.04. The summed E-state index contributed by atoms with van der Waals surface area (Å²) >= 11 is 5.50. The van der Waals surface area contributed by atoms with Crippen molar-refractivity contribution in [1.82, 2.24) is 5.32 Å². The Bertz CT molecular complexity index is 828. The average molecular weight is 347 g/mol. The molecule has 2 nitrogen and oxygen atoms in total. The number of rotatable bonds is 6. The number of hydrogen-bond donors (Lipinski definition) is 1. The Kier molecular flexibility index (Phi) is 5.81. The Balaban J connectivity index is 1.54. The molecule has 0 atom stereocenters. The van der Waals surface area contributed by atoms with Crippen LogP contribution in [-0.4, -0.2) is 4.99 Å². The van der Waals surface area contributed by atoms with E-state index in [0.29, 0.717) is 6.61 Å². The van der Waals surface area contributed by atoms with Crippen molar-refractivity contribution in [3.8, 4) is 5.75 Å². The molecule has 0 fully saturated rings. The number of aryl methyl sites for hydroxylation is 1. The molecule has 0 saturated heterocycles. The third-order valence-corrected chi connectivity index (χ3v) is 4.45. The van der Waals surface area contributed by atoms with E-state index in [-0.39, 0.29) is 0 Å². The molecule has 0 aliphatic carbocycles. The van der Waals surface area contributed by atoms with Crippen molar-refractivity contribution >= 4 is 17.2 Å². The molecule has 0 heterocycles. The minimum atomic E-state index is 0.566. The van der Waals surface area contributed by atoms with Gasteiger partial charge in [0.2, 0.25) is 0 Å². The Labute approximate surface area is 154 Å². The third-order valence-electron chi connectivity index (χ3n) is 4.07. The molecule has 3 aromatic carbocycles. The Morgan fingerprint density at radius 2 is 1.56 bits per heavy atom. The molecule has 0 bridgehead atoms. The second-order valence-electron chi connectivity index (χ2n) is 5.91. The fraction of sp³-hybridized carbons (Fsp3) is 0.136. The van der Waals surface area contributed by atoms with Crippen LogP contribution in [0.2, 0.25) is 0 Å². The lowest BCUT2D eigenvalue weighted by Crippen LogP contribution is -2.22. The molecule has 0 aliphatic heterocycles. The summed E-state index contributed by atoms with van der Waals surface area (Å²) in [6, 6.07) is 26.4. The van der Waals surface area contributed by atoms with E-state index < -0.39 is 0 Å². The van der Waals surface area contributed by atoms with Crippen LogP contribution in [0.25, 0.3) is 0 Å². The van der Waals surface area contributed by atoms with Gasteiger partial charge >= 0.3 is 0 Å². The normalized spacial score (nSPS) is 10.3. The van der Waals surface area contributed by atoms with E-state index in [1.807, 2.05) is 54.6 Å². The van der Waals surface area contributed by atoms with Gasteiger partial charge in [-0.15, -0.1) is 0 Å². The molecule has 0 radical (unpaired) electrons. The zero-order chi connectivity index (χ0) is 17.5. The summed E-state index contributed by atoms with van der Waals surface area (Å²) in [5.41, 5.74) is 4.67. The monoisotopic (exact) mass is 347 g/mol. The molecule has 1 N–H and O–H groups in total. The first-order valence-corrected chi connectivity index (χ1v) is 8.73. The van der Waals surface area contributed by atoms with E-state index in [4.69, 9.17) is 17.0 Å². The third kappa shape index (κ3) is 4.91. The minimum Gasteiger partial charge on any atom is -0.489 e. The van der Waals surface area contributed by atoms with Crippen LogP contribution in [-0.2, 0) is 13.2 Å². The highest BCUT2D eigenvalue weighted by Crippen LogP contribution is 2.15. The molecule has 0 aromatic heterocycles. The summed E-state index contributed by atoms with van der Waals surface area (Å²) in [6.07, 6.45) is 0. The molecule has 0 aliphatic rings. The first-order valence-electron chi connectivity index (χ1n) is 8.32. The maximum absolute atomic E-state index is 5.81. The highest BCUT2D eigenvalue weighted by Gasteiger charge is 2.03. The zero-order valence-corrected chi connectivity index (χ0v) is 15.1. The van der Waals surface area contributed by atoms with Crippen LogP contribution in [0.4, 0.5) is 0 Å². The van der Waals surface area contributed by atoms with Gasteiger partial charge in [0, 0.05) is 12.1 Å². The fourth-order valence-corrected chi connectivity index (χ4v) is 2.74. The fourth-order valence-electron chi connectivity index (χ4n) is 2.53. The molecule has 25 heavy (non-hydrogen) atoms. The van der Waals surface area contributed by atoms with Gasteiger partial charge in [0.1, 0.15) is 17.3 Å². The van der Waals surface area contributed by atoms with Crippen molar-refractivity contribution in [2.75, 3.05) is 0 Å². The van der Waals surface area contributed by atoms with E-state index in [2.05, 4.69) is 36.5 Å². The number of hydrogen-bond acceptors (Lipinski definition) is 2. The predicted molar refractivity (Wildman–Crippen MR) is 107 cm³/mol. The van der Waals surface area contributed by atoms with Crippen LogP contribution < -0.4 is 10.1 Å². The van der Waals surface area contributed by atoms with Gasteiger partial charge in [-0.25, -0.2) is 0 Å². The summed E-state index contributed by atoms with van der Waals surface area (Å²) in [6.45, 7) is 3.41. The zero-order valence-electron chi connectivity index (χ0n) is 14.2. The maximum Gasteiger partial charge on any atom is 0.119 e. The number of nitrogens with one attached hydrogen (secondary N) is 1. The molecule has 3 heteroatoms. The van der Waals surface area contributed by atoms with Crippen LogP contribution in [0.1, 0.15) is 22.3 Å². The van der Waals surface area contributed by atoms with Gasteiger partial charge < -0.3 is 10.1 Å². The Morgan fingerprint density at radius 3 is 2.28 bits per heavy atom. The second-order valence-corrected chi connectivity index (χ2v) is 6.32. The van der Waals surface area contributed by atoms with E-state index in [9.17, 15) is 0 Å². The van der Waals surface area contributed by atoms with Gasteiger partial charge in [-0.1, -0.05) is 66.8 Å². The molecule has 0 spiro atoms. The molecule has 0 saturated carbocycles. The van der Waals surface area contributed by atoms with E-state index in [0.717, 1.165) is 28.4 Å². The van der Waals surface area contributed by atoms with Crippen LogP contribution in [0.5, 0.6) is 5.75 Å². The Hall–Kier alpha value is -2.65. The smallest absolute Gasteiger partial charge is 0.119 e. The summed E-state index contributed by atoms with van der Waals surface area (Å²) < 4.78 is 5.81. The largest absolute Gasteiger partial charge is 0.489 e. The van der Waals surface area contributed by atoms with Crippen molar-refractivity contribution in [2.24, 2.45) is 0 Å². The van der Waals surface area contributed by atoms with E-state index >= 15 is 0 Å². The Morgan fingerprint density at radius 1 is 0.880 bits per heavy atom. The lowest BCUT2D eigenvalue weighted by atomic mass is 10.1. The van der Waals surface area contributed by atoms with E-state index in [1.54, 1.807) is 0 Å². The van der Waals surface area contributed by atoms with Crippen molar-refractivity contribution in [3.63, 3.8) is 0 Å².